The van der Waals surface area contributed by atoms with Crippen LogP contribution in [0.4, 0.5) is 0 Å². The third-order valence-corrected chi connectivity index (χ3v) is 2.90. The molecule has 0 bridgehead atoms. The van der Waals surface area contributed by atoms with Crippen molar-refractivity contribution in [1.29, 1.82) is 0 Å². The van der Waals surface area contributed by atoms with Gasteiger partial charge in [-0.3, -0.25) is 4.98 Å². The van der Waals surface area contributed by atoms with E-state index in [0.717, 1.165) is 14.4 Å². The van der Waals surface area contributed by atoms with Crippen LogP contribution in [0.5, 0.6) is 0 Å². The Morgan fingerprint density at radius 1 is 1.25 bits per heavy atom. The lowest BCUT2D eigenvalue weighted by Gasteiger charge is -1.90. The van der Waals surface area contributed by atoms with Gasteiger partial charge in [0.15, 0.2) is 0 Å². The van der Waals surface area contributed by atoms with E-state index in [4.69, 9.17) is 0 Å². The zero-order valence-electron chi connectivity index (χ0n) is 5.94. The maximum Gasteiger partial charge on any atom is 0.203 e. The highest BCUT2D eigenvalue weighted by Gasteiger charge is 2.02. The first kappa shape index (κ1) is 8.06. The van der Waals surface area contributed by atoms with E-state index in [9.17, 15) is 0 Å². The number of pyridine rings is 1. The number of hydrogen-bond donors (Lipinski definition) is 0. The lowest BCUT2D eigenvalue weighted by molar-refractivity contribution is 1.25. The van der Waals surface area contributed by atoms with Gasteiger partial charge >= 0.3 is 0 Å². The summed E-state index contributed by atoms with van der Waals surface area (Å²) in [6.07, 6.45) is 3.51. The van der Waals surface area contributed by atoms with Gasteiger partial charge in [-0.05, 0) is 23.7 Å². The smallest absolute Gasteiger partial charge is 0.203 e. The normalized spacial score (nSPS) is 10.1. The van der Waals surface area contributed by atoms with Gasteiger partial charge in [-0.25, -0.2) is 4.98 Å². The Hall–Kier alpha value is -0.560. The fraction of sp³-hybridized carbons (Fsp3) is 0. The molecule has 0 N–H and O–H groups in total. The van der Waals surface area contributed by atoms with Crippen molar-refractivity contribution in [3.63, 3.8) is 0 Å². The molecule has 2 aromatic heterocycles. The average molecular weight is 289 g/mol. The van der Waals surface area contributed by atoms with Crippen LogP contribution in [0.1, 0.15) is 0 Å². The van der Waals surface area contributed by atoms with E-state index in [1.807, 2.05) is 12.1 Å². The third-order valence-electron chi connectivity index (χ3n) is 1.33. The number of halogens is 1. The van der Waals surface area contributed by atoms with Crippen molar-refractivity contribution in [3.8, 4) is 10.6 Å². The Bertz CT molecular complexity index is 373. The molecule has 2 heterocycles. The molecule has 0 aromatic carbocycles. The molecule has 0 spiro atoms. The Morgan fingerprint density at radius 3 is 2.58 bits per heavy atom. The molecule has 0 fully saturated rings. The van der Waals surface area contributed by atoms with Gasteiger partial charge in [0.25, 0.3) is 0 Å². The highest BCUT2D eigenvalue weighted by Crippen LogP contribution is 2.20. The van der Waals surface area contributed by atoms with Crippen LogP contribution >= 0.6 is 34.1 Å². The number of aromatic nitrogens is 3. The quantitative estimate of drug-likeness (QED) is 0.755. The molecule has 0 saturated carbocycles. The van der Waals surface area contributed by atoms with Crippen molar-refractivity contribution in [2.45, 2.75) is 0 Å². The lowest BCUT2D eigenvalue weighted by Crippen LogP contribution is -1.76. The van der Waals surface area contributed by atoms with Crippen molar-refractivity contribution in [1.82, 2.24) is 14.3 Å². The number of rotatable bonds is 1. The fourth-order valence-corrected chi connectivity index (χ4v) is 2.09. The predicted octanol–water partition coefficient (Wildman–Crippen LogP) is 2.20. The van der Waals surface area contributed by atoms with E-state index in [2.05, 4.69) is 36.9 Å². The third kappa shape index (κ3) is 1.61. The molecule has 0 amide bonds. The second-order valence-electron chi connectivity index (χ2n) is 2.10. The molecular formula is C7H4IN3S. The molecule has 60 valence electrons. The summed E-state index contributed by atoms with van der Waals surface area (Å²) in [6, 6.07) is 3.85. The van der Waals surface area contributed by atoms with Crippen molar-refractivity contribution in [2.24, 2.45) is 0 Å². The first-order valence-corrected chi connectivity index (χ1v) is 5.11. The van der Waals surface area contributed by atoms with E-state index in [1.54, 1.807) is 12.4 Å². The minimum Gasteiger partial charge on any atom is -0.265 e. The maximum absolute atomic E-state index is 4.25. The van der Waals surface area contributed by atoms with Crippen LogP contribution in [0, 0.1) is 3.83 Å². The molecule has 0 unspecified atom stereocenters. The molecule has 0 aliphatic rings. The van der Waals surface area contributed by atoms with Crippen LogP contribution in [0.3, 0.4) is 0 Å². The Labute approximate surface area is 87.2 Å². The Morgan fingerprint density at radius 2 is 2.00 bits per heavy atom. The van der Waals surface area contributed by atoms with Crippen LogP contribution in [-0.4, -0.2) is 14.3 Å². The Balaban J connectivity index is 2.45. The van der Waals surface area contributed by atoms with Crippen LogP contribution in [0.2, 0.25) is 0 Å². The molecule has 0 saturated heterocycles. The second-order valence-corrected chi connectivity index (χ2v) is 3.82. The van der Waals surface area contributed by atoms with Crippen molar-refractivity contribution < 1.29 is 0 Å². The van der Waals surface area contributed by atoms with Gasteiger partial charge in [0.2, 0.25) is 3.83 Å². The van der Waals surface area contributed by atoms with Crippen molar-refractivity contribution >= 4 is 34.1 Å². The first-order chi connectivity index (χ1) is 5.86. The SMILES string of the molecule is Ic1nsc(-c2ccncc2)n1. The molecule has 5 heteroatoms. The van der Waals surface area contributed by atoms with E-state index in [0.29, 0.717) is 0 Å². The van der Waals surface area contributed by atoms with E-state index < -0.39 is 0 Å². The van der Waals surface area contributed by atoms with Crippen LogP contribution in [0.15, 0.2) is 24.5 Å². The van der Waals surface area contributed by atoms with Gasteiger partial charge in [-0.1, -0.05) is 0 Å². The molecule has 0 aliphatic carbocycles. The fourth-order valence-electron chi connectivity index (χ4n) is 0.817. The summed E-state index contributed by atoms with van der Waals surface area (Å²) in [5.74, 6) is 0. The van der Waals surface area contributed by atoms with Gasteiger partial charge in [-0.2, -0.15) is 4.37 Å². The Kier molecular flexibility index (Phi) is 2.31. The molecule has 0 atom stereocenters. The monoisotopic (exact) mass is 289 g/mol. The van der Waals surface area contributed by atoms with Gasteiger partial charge in [0.05, 0.1) is 0 Å². The highest BCUT2D eigenvalue weighted by molar-refractivity contribution is 14.1. The summed E-state index contributed by atoms with van der Waals surface area (Å²) in [5.41, 5.74) is 1.07. The lowest BCUT2D eigenvalue weighted by atomic mass is 10.3. The van der Waals surface area contributed by atoms with E-state index in [-0.39, 0.29) is 0 Å². The number of hydrogen-bond acceptors (Lipinski definition) is 4. The summed E-state index contributed by atoms with van der Waals surface area (Å²) < 4.78 is 4.89. The molecule has 2 aromatic rings. The topological polar surface area (TPSA) is 38.7 Å². The largest absolute Gasteiger partial charge is 0.265 e. The number of nitrogens with zero attached hydrogens (tertiary/aromatic N) is 3. The van der Waals surface area contributed by atoms with Crippen LogP contribution in [0.25, 0.3) is 10.6 Å². The van der Waals surface area contributed by atoms with E-state index in [1.165, 1.54) is 11.5 Å². The van der Waals surface area contributed by atoms with Gasteiger partial charge in [0, 0.05) is 40.5 Å². The molecule has 0 radical (unpaired) electrons. The highest BCUT2D eigenvalue weighted by atomic mass is 127. The van der Waals surface area contributed by atoms with Gasteiger partial charge in [0.1, 0.15) is 5.01 Å². The van der Waals surface area contributed by atoms with Crippen LogP contribution in [-0.2, 0) is 0 Å². The van der Waals surface area contributed by atoms with Crippen LogP contribution < -0.4 is 0 Å². The summed E-state index contributed by atoms with van der Waals surface area (Å²) in [7, 11) is 0. The predicted molar refractivity (Wildman–Crippen MR) is 55.9 cm³/mol. The molecule has 0 aliphatic heterocycles. The standard InChI is InChI=1S/C7H4IN3S/c8-7-10-6(12-11-7)5-1-3-9-4-2-5/h1-4H. The zero-order valence-corrected chi connectivity index (χ0v) is 8.91. The van der Waals surface area contributed by atoms with Crippen molar-refractivity contribution in [3.05, 3.63) is 28.4 Å². The summed E-state index contributed by atoms with van der Waals surface area (Å²) in [4.78, 5) is 8.18. The zero-order chi connectivity index (χ0) is 8.39. The molecular weight excluding hydrogens is 285 g/mol. The van der Waals surface area contributed by atoms with Crippen molar-refractivity contribution in [2.75, 3.05) is 0 Å². The minimum absolute atomic E-state index is 0.796. The summed E-state index contributed by atoms with van der Waals surface area (Å²) >= 11 is 3.51. The van der Waals surface area contributed by atoms with E-state index >= 15 is 0 Å². The molecule has 12 heavy (non-hydrogen) atoms. The summed E-state index contributed by atoms with van der Waals surface area (Å²) in [5, 5.41) is 0.946. The van der Waals surface area contributed by atoms with Gasteiger partial charge in [-0.15, -0.1) is 0 Å². The molecule has 2 rings (SSSR count). The average Bonchev–Trinajstić information content (AvgIpc) is 2.54. The maximum atomic E-state index is 4.25. The van der Waals surface area contributed by atoms with Gasteiger partial charge < -0.3 is 0 Å². The second kappa shape index (κ2) is 3.44. The minimum atomic E-state index is 0.796. The molecule has 3 nitrogen and oxygen atoms in total. The summed E-state index contributed by atoms with van der Waals surface area (Å²) in [6.45, 7) is 0. The first-order valence-electron chi connectivity index (χ1n) is 3.26.